The highest BCUT2D eigenvalue weighted by Gasteiger charge is 2.14. The Kier molecular flexibility index (Phi) is 2.43. The van der Waals surface area contributed by atoms with Crippen molar-refractivity contribution in [3.8, 4) is 0 Å². The van der Waals surface area contributed by atoms with Gasteiger partial charge in [-0.15, -0.1) is 0 Å². The SMILES string of the molecule is NNc1nc2c(Cl)cc([N+](=O)[O-])cc2s1. The van der Waals surface area contributed by atoms with E-state index in [0.717, 1.165) is 0 Å². The van der Waals surface area contributed by atoms with E-state index in [2.05, 4.69) is 10.4 Å². The Morgan fingerprint density at radius 3 is 2.93 bits per heavy atom. The largest absolute Gasteiger partial charge is 0.300 e. The van der Waals surface area contributed by atoms with E-state index in [1.807, 2.05) is 0 Å². The molecule has 0 fully saturated rings. The van der Waals surface area contributed by atoms with Gasteiger partial charge in [-0.2, -0.15) is 0 Å². The van der Waals surface area contributed by atoms with Crippen molar-refractivity contribution >= 4 is 44.0 Å². The van der Waals surface area contributed by atoms with Crippen LogP contribution in [0.15, 0.2) is 12.1 Å². The van der Waals surface area contributed by atoms with Crippen LogP contribution in [0, 0.1) is 10.1 Å². The number of aromatic nitrogens is 1. The minimum atomic E-state index is -0.499. The van der Waals surface area contributed by atoms with E-state index in [4.69, 9.17) is 17.4 Å². The first kappa shape index (κ1) is 10.1. The zero-order valence-electron chi connectivity index (χ0n) is 7.23. The lowest BCUT2D eigenvalue weighted by molar-refractivity contribution is -0.384. The Morgan fingerprint density at radius 1 is 1.60 bits per heavy atom. The summed E-state index contributed by atoms with van der Waals surface area (Å²) >= 11 is 7.05. The molecule has 0 unspecified atom stereocenters. The first-order chi connectivity index (χ1) is 7.11. The maximum atomic E-state index is 10.6. The maximum Gasteiger partial charge on any atom is 0.272 e. The molecule has 1 aromatic heterocycles. The molecule has 1 aromatic carbocycles. The molecule has 0 saturated heterocycles. The van der Waals surface area contributed by atoms with Gasteiger partial charge in [-0.3, -0.25) is 15.5 Å². The molecule has 2 aromatic rings. The monoisotopic (exact) mass is 244 g/mol. The quantitative estimate of drug-likeness (QED) is 0.480. The molecule has 0 bridgehead atoms. The molecular formula is C7H5ClN4O2S. The minimum Gasteiger partial charge on any atom is -0.300 e. The van der Waals surface area contributed by atoms with Crippen molar-refractivity contribution in [2.45, 2.75) is 0 Å². The summed E-state index contributed by atoms with van der Waals surface area (Å²) in [6.07, 6.45) is 0. The molecule has 0 amide bonds. The molecule has 0 saturated carbocycles. The Bertz CT molecular complexity index is 541. The Balaban J connectivity index is 2.70. The second kappa shape index (κ2) is 3.61. The summed E-state index contributed by atoms with van der Waals surface area (Å²) in [6.45, 7) is 0. The van der Waals surface area contributed by atoms with Gasteiger partial charge in [0.1, 0.15) is 5.52 Å². The number of nitrogens with one attached hydrogen (secondary N) is 1. The molecule has 2 rings (SSSR count). The van der Waals surface area contributed by atoms with Crippen LogP contribution in [0.1, 0.15) is 0 Å². The lowest BCUT2D eigenvalue weighted by atomic mass is 10.3. The fraction of sp³-hybridized carbons (Fsp3) is 0. The predicted octanol–water partition coefficient (Wildman–Crippen LogP) is 2.14. The molecule has 0 atom stereocenters. The first-order valence-electron chi connectivity index (χ1n) is 3.83. The number of nitro groups is 1. The molecule has 3 N–H and O–H groups in total. The first-order valence-corrected chi connectivity index (χ1v) is 5.02. The lowest BCUT2D eigenvalue weighted by Gasteiger charge is -1.93. The highest BCUT2D eigenvalue weighted by molar-refractivity contribution is 7.22. The van der Waals surface area contributed by atoms with E-state index >= 15 is 0 Å². The van der Waals surface area contributed by atoms with Crippen LogP contribution in [-0.2, 0) is 0 Å². The number of hydrogen-bond donors (Lipinski definition) is 2. The van der Waals surface area contributed by atoms with Gasteiger partial charge >= 0.3 is 0 Å². The third-order valence-electron chi connectivity index (χ3n) is 1.77. The average Bonchev–Trinajstić information content (AvgIpc) is 2.61. The van der Waals surface area contributed by atoms with Crippen molar-refractivity contribution in [3.63, 3.8) is 0 Å². The van der Waals surface area contributed by atoms with E-state index in [1.165, 1.54) is 23.5 Å². The predicted molar refractivity (Wildman–Crippen MR) is 59.1 cm³/mol. The highest BCUT2D eigenvalue weighted by Crippen LogP contribution is 2.34. The Hall–Kier alpha value is -1.44. The maximum absolute atomic E-state index is 10.6. The number of thiazole rings is 1. The van der Waals surface area contributed by atoms with Crippen molar-refractivity contribution in [2.24, 2.45) is 5.84 Å². The van der Waals surface area contributed by atoms with Gasteiger partial charge in [0.25, 0.3) is 5.69 Å². The minimum absolute atomic E-state index is 0.0558. The number of halogens is 1. The summed E-state index contributed by atoms with van der Waals surface area (Å²) in [5.41, 5.74) is 2.83. The van der Waals surface area contributed by atoms with Crippen molar-refractivity contribution < 1.29 is 4.92 Å². The molecule has 0 aliphatic heterocycles. The van der Waals surface area contributed by atoms with Gasteiger partial charge in [-0.1, -0.05) is 22.9 Å². The third kappa shape index (κ3) is 1.72. The molecule has 6 nitrogen and oxygen atoms in total. The number of non-ortho nitro benzene ring substituents is 1. The molecule has 78 valence electrons. The van der Waals surface area contributed by atoms with Crippen LogP contribution in [0.5, 0.6) is 0 Å². The van der Waals surface area contributed by atoms with Crippen LogP contribution in [0.3, 0.4) is 0 Å². The van der Waals surface area contributed by atoms with Gasteiger partial charge in [0.05, 0.1) is 14.6 Å². The van der Waals surface area contributed by atoms with Crippen molar-refractivity contribution in [3.05, 3.63) is 27.3 Å². The fourth-order valence-corrected chi connectivity index (χ4v) is 2.29. The molecule has 0 radical (unpaired) electrons. The number of rotatable bonds is 2. The summed E-state index contributed by atoms with van der Waals surface area (Å²) in [5, 5.41) is 11.3. The van der Waals surface area contributed by atoms with Crippen LogP contribution in [0.4, 0.5) is 10.8 Å². The second-order valence-electron chi connectivity index (χ2n) is 2.69. The average molecular weight is 245 g/mol. The standard InChI is InChI=1S/C7H5ClN4O2S/c8-4-1-3(12(13)14)2-5-6(4)10-7(11-9)15-5/h1-2H,9H2,(H,10,11). The van der Waals surface area contributed by atoms with Crippen LogP contribution in [0.25, 0.3) is 10.2 Å². The van der Waals surface area contributed by atoms with Gasteiger partial charge in [-0.05, 0) is 0 Å². The summed E-state index contributed by atoms with van der Waals surface area (Å²) in [7, 11) is 0. The summed E-state index contributed by atoms with van der Waals surface area (Å²) < 4.78 is 0.627. The third-order valence-corrected chi connectivity index (χ3v) is 2.99. The smallest absolute Gasteiger partial charge is 0.272 e. The second-order valence-corrected chi connectivity index (χ2v) is 4.13. The number of anilines is 1. The molecule has 8 heteroatoms. The van der Waals surface area contributed by atoms with Gasteiger partial charge in [0.15, 0.2) is 5.13 Å². The van der Waals surface area contributed by atoms with E-state index in [0.29, 0.717) is 15.3 Å². The zero-order valence-corrected chi connectivity index (χ0v) is 8.80. The molecule has 0 aliphatic rings. The molecule has 15 heavy (non-hydrogen) atoms. The number of nitrogen functional groups attached to an aromatic ring is 1. The number of nitro benzene ring substituents is 1. The molecule has 0 aliphatic carbocycles. The van der Waals surface area contributed by atoms with Crippen LogP contribution in [-0.4, -0.2) is 9.91 Å². The Labute approximate surface area is 92.8 Å². The Morgan fingerprint density at radius 2 is 2.33 bits per heavy atom. The molecule has 0 spiro atoms. The summed E-state index contributed by atoms with van der Waals surface area (Å²) in [4.78, 5) is 14.1. The van der Waals surface area contributed by atoms with Crippen molar-refractivity contribution in [1.29, 1.82) is 0 Å². The molecular weight excluding hydrogens is 240 g/mol. The van der Waals surface area contributed by atoms with Gasteiger partial charge in [0.2, 0.25) is 0 Å². The van der Waals surface area contributed by atoms with Crippen molar-refractivity contribution in [2.75, 3.05) is 5.43 Å². The fourth-order valence-electron chi connectivity index (χ4n) is 1.14. The van der Waals surface area contributed by atoms with E-state index < -0.39 is 4.92 Å². The van der Waals surface area contributed by atoms with Gasteiger partial charge in [0, 0.05) is 12.1 Å². The van der Waals surface area contributed by atoms with Gasteiger partial charge < -0.3 is 0 Å². The number of fused-ring (bicyclic) bond motifs is 1. The number of hydrogen-bond acceptors (Lipinski definition) is 6. The van der Waals surface area contributed by atoms with Crippen LogP contribution in [0.2, 0.25) is 5.02 Å². The number of nitrogens with two attached hydrogens (primary N) is 1. The number of hydrazine groups is 1. The summed E-state index contributed by atoms with van der Waals surface area (Å²) in [5.74, 6) is 5.18. The topological polar surface area (TPSA) is 94.1 Å². The van der Waals surface area contributed by atoms with E-state index in [9.17, 15) is 10.1 Å². The highest BCUT2D eigenvalue weighted by atomic mass is 35.5. The van der Waals surface area contributed by atoms with E-state index in [-0.39, 0.29) is 10.7 Å². The normalized spacial score (nSPS) is 10.5. The lowest BCUT2D eigenvalue weighted by Crippen LogP contribution is -2.05. The number of benzene rings is 1. The van der Waals surface area contributed by atoms with Crippen LogP contribution < -0.4 is 11.3 Å². The number of nitrogens with zero attached hydrogens (tertiary/aromatic N) is 2. The van der Waals surface area contributed by atoms with Gasteiger partial charge in [-0.25, -0.2) is 10.8 Å². The van der Waals surface area contributed by atoms with E-state index in [1.54, 1.807) is 0 Å². The zero-order chi connectivity index (χ0) is 11.0. The van der Waals surface area contributed by atoms with Crippen LogP contribution >= 0.6 is 22.9 Å². The van der Waals surface area contributed by atoms with Crippen molar-refractivity contribution in [1.82, 2.24) is 4.98 Å². The molecule has 1 heterocycles. The summed E-state index contributed by atoms with van der Waals surface area (Å²) in [6, 6.07) is 2.68.